The first-order valence-electron chi connectivity index (χ1n) is 8.26. The van der Waals surface area contributed by atoms with E-state index >= 15 is 0 Å². The fraction of sp³-hybridized carbons (Fsp3) is 0. The number of nitro benzene ring substituents is 1. The second-order valence-corrected chi connectivity index (χ2v) is 7.31. The number of thiophene rings is 1. The number of para-hydroxylation sites is 1. The molecule has 0 aliphatic heterocycles. The summed E-state index contributed by atoms with van der Waals surface area (Å²) in [6, 6.07) is 13.9. The van der Waals surface area contributed by atoms with E-state index in [-0.39, 0.29) is 16.4 Å². The monoisotopic (exact) mass is 426 g/mol. The summed E-state index contributed by atoms with van der Waals surface area (Å²) >= 11 is 7.25. The topological polar surface area (TPSA) is 107 Å². The van der Waals surface area contributed by atoms with Crippen molar-refractivity contribution < 1.29 is 9.72 Å². The number of fused-ring (bicyclic) bond motifs is 1. The van der Waals surface area contributed by atoms with Gasteiger partial charge in [0.1, 0.15) is 5.56 Å². The van der Waals surface area contributed by atoms with Gasteiger partial charge in [0.15, 0.2) is 5.82 Å². The Bertz CT molecular complexity index is 1320. The normalized spacial score (nSPS) is 10.8. The van der Waals surface area contributed by atoms with E-state index in [0.29, 0.717) is 15.8 Å². The molecule has 0 fully saturated rings. The highest BCUT2D eigenvalue weighted by molar-refractivity contribution is 7.13. The van der Waals surface area contributed by atoms with Crippen molar-refractivity contribution in [2.24, 2.45) is 0 Å². The molecule has 4 aromatic rings. The van der Waals surface area contributed by atoms with Crippen LogP contribution >= 0.6 is 22.9 Å². The van der Waals surface area contributed by atoms with Crippen molar-refractivity contribution in [1.82, 2.24) is 9.66 Å². The summed E-state index contributed by atoms with van der Waals surface area (Å²) in [6.45, 7) is 0. The molecule has 0 saturated heterocycles. The quantitative estimate of drug-likeness (QED) is 0.391. The minimum absolute atomic E-state index is 0.156. The maximum Gasteiger partial charge on any atom is 0.282 e. The van der Waals surface area contributed by atoms with E-state index in [2.05, 4.69) is 10.4 Å². The molecule has 8 nitrogen and oxygen atoms in total. The van der Waals surface area contributed by atoms with Crippen molar-refractivity contribution in [3.8, 4) is 10.7 Å². The zero-order chi connectivity index (χ0) is 20.5. The Hall–Kier alpha value is -3.56. The van der Waals surface area contributed by atoms with Gasteiger partial charge < -0.3 is 0 Å². The highest BCUT2D eigenvalue weighted by atomic mass is 35.5. The molecule has 29 heavy (non-hydrogen) atoms. The molecule has 0 atom stereocenters. The van der Waals surface area contributed by atoms with E-state index in [4.69, 9.17) is 11.6 Å². The zero-order valence-corrected chi connectivity index (χ0v) is 16.1. The standard InChI is InChI=1S/C19H11ClN4O4S/c20-11-7-8-15(24(27)28)13(10-11)18(25)22-23-17(16-6-3-9-29-16)21-14-5-2-1-4-12(14)19(23)26/h1-10H,(H,22,25). The van der Waals surface area contributed by atoms with Gasteiger partial charge in [-0.1, -0.05) is 29.8 Å². The van der Waals surface area contributed by atoms with Crippen LogP contribution in [0.5, 0.6) is 0 Å². The summed E-state index contributed by atoms with van der Waals surface area (Å²) in [5.41, 5.74) is 1.73. The molecule has 0 saturated carbocycles. The number of aromatic nitrogens is 2. The Labute approximate surface area is 172 Å². The molecule has 0 aliphatic rings. The number of benzene rings is 2. The van der Waals surface area contributed by atoms with Crippen LogP contribution in [0.15, 0.2) is 64.8 Å². The number of hydrogen-bond donors (Lipinski definition) is 1. The lowest BCUT2D eigenvalue weighted by Gasteiger charge is -2.14. The molecule has 1 amide bonds. The Kier molecular flexibility index (Phi) is 4.83. The Balaban J connectivity index is 1.89. The minimum Gasteiger partial charge on any atom is -0.267 e. The molecule has 0 spiro atoms. The Morgan fingerprint density at radius 3 is 2.69 bits per heavy atom. The van der Waals surface area contributed by atoms with Crippen LogP contribution in [0.4, 0.5) is 5.69 Å². The van der Waals surface area contributed by atoms with E-state index in [1.54, 1.807) is 36.4 Å². The first kappa shape index (κ1) is 18.8. The van der Waals surface area contributed by atoms with Crippen LogP contribution < -0.4 is 11.0 Å². The summed E-state index contributed by atoms with van der Waals surface area (Å²) in [6.07, 6.45) is 0. The summed E-state index contributed by atoms with van der Waals surface area (Å²) in [5.74, 6) is -0.627. The summed E-state index contributed by atoms with van der Waals surface area (Å²) in [5, 5.41) is 13.6. The van der Waals surface area contributed by atoms with Crippen LogP contribution in [0.2, 0.25) is 5.02 Å². The molecule has 0 bridgehead atoms. The molecular formula is C19H11ClN4O4S. The van der Waals surface area contributed by atoms with Crippen molar-refractivity contribution in [3.05, 3.63) is 91.0 Å². The van der Waals surface area contributed by atoms with Gasteiger partial charge in [0, 0.05) is 11.1 Å². The molecule has 0 aliphatic carbocycles. The van der Waals surface area contributed by atoms with Crippen molar-refractivity contribution in [1.29, 1.82) is 0 Å². The molecule has 4 rings (SSSR count). The third-order valence-electron chi connectivity index (χ3n) is 4.13. The van der Waals surface area contributed by atoms with Crippen molar-refractivity contribution in [2.75, 3.05) is 5.43 Å². The Morgan fingerprint density at radius 1 is 1.17 bits per heavy atom. The smallest absolute Gasteiger partial charge is 0.267 e. The average Bonchev–Trinajstić information content (AvgIpc) is 3.24. The second kappa shape index (κ2) is 7.46. The highest BCUT2D eigenvalue weighted by Crippen LogP contribution is 2.25. The molecule has 1 N–H and O–H groups in total. The predicted molar refractivity (Wildman–Crippen MR) is 111 cm³/mol. The predicted octanol–water partition coefficient (Wildman–Crippen LogP) is 4.07. The number of rotatable bonds is 4. The lowest BCUT2D eigenvalue weighted by Crippen LogP contribution is -2.35. The Morgan fingerprint density at radius 2 is 1.97 bits per heavy atom. The van der Waals surface area contributed by atoms with Crippen LogP contribution in [-0.4, -0.2) is 20.5 Å². The number of nitro groups is 1. The van der Waals surface area contributed by atoms with Gasteiger partial charge in [0.05, 0.1) is 20.7 Å². The third-order valence-corrected chi connectivity index (χ3v) is 5.23. The van der Waals surface area contributed by atoms with Gasteiger partial charge in [-0.25, -0.2) is 4.98 Å². The number of amides is 1. The number of nitrogens with zero attached hydrogens (tertiary/aromatic N) is 3. The van der Waals surface area contributed by atoms with E-state index in [9.17, 15) is 19.7 Å². The van der Waals surface area contributed by atoms with Gasteiger partial charge in [0.25, 0.3) is 17.2 Å². The maximum atomic E-state index is 13.0. The second-order valence-electron chi connectivity index (χ2n) is 5.93. The van der Waals surface area contributed by atoms with Crippen LogP contribution in [0.3, 0.4) is 0 Å². The third kappa shape index (κ3) is 3.48. The van der Waals surface area contributed by atoms with Crippen LogP contribution in [0.1, 0.15) is 10.4 Å². The van der Waals surface area contributed by atoms with Gasteiger partial charge in [-0.2, -0.15) is 4.68 Å². The van der Waals surface area contributed by atoms with Crippen molar-refractivity contribution in [2.45, 2.75) is 0 Å². The molecular weight excluding hydrogens is 416 g/mol. The van der Waals surface area contributed by atoms with Gasteiger partial charge in [0.2, 0.25) is 0 Å². The number of nitrogens with one attached hydrogen (secondary N) is 1. The fourth-order valence-corrected chi connectivity index (χ4v) is 3.69. The van der Waals surface area contributed by atoms with Gasteiger partial charge in [-0.3, -0.25) is 25.1 Å². The van der Waals surface area contributed by atoms with Crippen molar-refractivity contribution >= 4 is 45.4 Å². The van der Waals surface area contributed by atoms with Crippen LogP contribution in [-0.2, 0) is 0 Å². The lowest BCUT2D eigenvalue weighted by molar-refractivity contribution is -0.385. The number of halogens is 1. The van der Waals surface area contributed by atoms with Crippen molar-refractivity contribution in [3.63, 3.8) is 0 Å². The number of carbonyl (C=O) groups is 1. The maximum absolute atomic E-state index is 13.0. The first-order valence-corrected chi connectivity index (χ1v) is 9.52. The first-order chi connectivity index (χ1) is 14.0. The van der Waals surface area contributed by atoms with Crippen LogP contribution in [0.25, 0.3) is 21.6 Å². The van der Waals surface area contributed by atoms with E-state index in [1.807, 2.05) is 5.38 Å². The minimum atomic E-state index is -0.851. The highest BCUT2D eigenvalue weighted by Gasteiger charge is 2.23. The van der Waals surface area contributed by atoms with E-state index in [0.717, 1.165) is 10.7 Å². The zero-order valence-electron chi connectivity index (χ0n) is 14.5. The lowest BCUT2D eigenvalue weighted by atomic mass is 10.1. The SMILES string of the molecule is O=C(Nn1c(-c2cccs2)nc2ccccc2c1=O)c1cc(Cl)ccc1[N+](=O)[O-]. The fourth-order valence-electron chi connectivity index (χ4n) is 2.82. The molecule has 0 radical (unpaired) electrons. The van der Waals surface area contributed by atoms with E-state index in [1.165, 1.54) is 23.5 Å². The molecule has 2 aromatic carbocycles. The van der Waals surface area contributed by atoms with Gasteiger partial charge in [-0.15, -0.1) is 11.3 Å². The summed E-state index contributed by atoms with van der Waals surface area (Å²) < 4.78 is 1.00. The summed E-state index contributed by atoms with van der Waals surface area (Å²) in [7, 11) is 0. The molecule has 144 valence electrons. The average molecular weight is 427 g/mol. The van der Waals surface area contributed by atoms with E-state index < -0.39 is 22.1 Å². The largest absolute Gasteiger partial charge is 0.282 e. The summed E-state index contributed by atoms with van der Waals surface area (Å²) in [4.78, 5) is 41.6. The number of hydrogen-bond acceptors (Lipinski definition) is 6. The van der Waals surface area contributed by atoms with Gasteiger partial charge >= 0.3 is 0 Å². The molecule has 10 heteroatoms. The number of carbonyl (C=O) groups excluding carboxylic acids is 1. The molecule has 2 aromatic heterocycles. The molecule has 2 heterocycles. The molecule has 0 unspecified atom stereocenters. The van der Waals surface area contributed by atoms with Crippen LogP contribution in [0, 0.1) is 10.1 Å². The van der Waals surface area contributed by atoms with Gasteiger partial charge in [-0.05, 0) is 35.7 Å².